The summed E-state index contributed by atoms with van der Waals surface area (Å²) in [4.78, 5) is 13.0. The normalized spacial score (nSPS) is 22.5. The summed E-state index contributed by atoms with van der Waals surface area (Å²) in [6.07, 6.45) is 6.54. The molecule has 0 aliphatic heterocycles. The van der Waals surface area contributed by atoms with Crippen LogP contribution in [-0.2, 0) is 25.4 Å². The quantitative estimate of drug-likeness (QED) is 0.570. The van der Waals surface area contributed by atoms with Gasteiger partial charge in [0.15, 0.2) is 0 Å². The van der Waals surface area contributed by atoms with E-state index in [-0.39, 0.29) is 17.8 Å². The van der Waals surface area contributed by atoms with E-state index < -0.39 is 0 Å². The van der Waals surface area contributed by atoms with Crippen molar-refractivity contribution in [2.24, 2.45) is 17.8 Å². The molecule has 26 heavy (non-hydrogen) atoms. The van der Waals surface area contributed by atoms with Crippen LogP contribution in [0.2, 0.25) is 0 Å². The van der Waals surface area contributed by atoms with Gasteiger partial charge in [0.1, 0.15) is 0 Å². The molecule has 0 unspecified atom stereocenters. The summed E-state index contributed by atoms with van der Waals surface area (Å²) in [6, 6.07) is 8.15. The van der Waals surface area contributed by atoms with Crippen molar-refractivity contribution in [1.29, 1.82) is 0 Å². The summed E-state index contributed by atoms with van der Waals surface area (Å²) in [5, 5.41) is 0. The zero-order chi connectivity index (χ0) is 19.1. The van der Waals surface area contributed by atoms with Crippen LogP contribution in [0, 0.1) is 17.8 Å². The first-order valence-electron chi connectivity index (χ1n) is 9.42. The first kappa shape index (κ1) is 21.1. The van der Waals surface area contributed by atoms with E-state index in [0.717, 1.165) is 36.0 Å². The second kappa shape index (κ2) is 10.2. The van der Waals surface area contributed by atoms with E-state index in [9.17, 15) is 4.79 Å². The van der Waals surface area contributed by atoms with E-state index in [4.69, 9.17) is 9.47 Å². The Balaban J connectivity index is 2.52. The van der Waals surface area contributed by atoms with Gasteiger partial charge in [0.2, 0.25) is 0 Å². The first-order valence-corrected chi connectivity index (χ1v) is 10.1. The van der Waals surface area contributed by atoms with Gasteiger partial charge in [-0.25, -0.2) is 0 Å². The van der Waals surface area contributed by atoms with Crippen LogP contribution in [0.15, 0.2) is 36.9 Å². The molecule has 2 rings (SSSR count). The number of Topliss-reactive ketones (excluding diaryl/α,β-unsaturated/α-hetero) is 1. The van der Waals surface area contributed by atoms with Gasteiger partial charge < -0.3 is 0 Å². The Bertz CT molecular complexity index is 623. The molecule has 0 heterocycles. The Morgan fingerprint density at radius 2 is 2.04 bits per heavy atom. The number of ketones is 1. The van der Waals surface area contributed by atoms with Crippen LogP contribution < -0.4 is 4.74 Å². The van der Waals surface area contributed by atoms with Gasteiger partial charge in [-0.15, -0.1) is 0 Å². The molecular formula is C22H30CrO3. The number of ether oxygens (including phenoxy) is 2. The third-order valence-corrected chi connectivity index (χ3v) is 6.38. The number of rotatable bonds is 9. The maximum atomic E-state index is 13.0. The topological polar surface area (TPSA) is 35.5 Å². The molecule has 0 saturated heterocycles. The van der Waals surface area contributed by atoms with E-state index in [0.29, 0.717) is 18.1 Å². The number of hydrogen-bond donors (Lipinski definition) is 0. The summed E-state index contributed by atoms with van der Waals surface area (Å²) in [7, 11) is 3.36. The average molecular weight is 394 g/mol. The van der Waals surface area contributed by atoms with Crippen molar-refractivity contribution in [2.45, 2.75) is 44.9 Å². The molecule has 1 aliphatic carbocycles. The molecule has 0 aromatic heterocycles. The van der Waals surface area contributed by atoms with Crippen LogP contribution in [-0.4, -0.2) is 24.6 Å². The molecule has 0 bridgehead atoms. The number of hydrogen-bond acceptors (Lipinski definition) is 3. The van der Waals surface area contributed by atoms with Crippen molar-refractivity contribution in [3.63, 3.8) is 0 Å². The second-order valence-corrected chi connectivity index (χ2v) is 7.63. The molecule has 0 radical (unpaired) electrons. The first-order chi connectivity index (χ1) is 12.6. The molecule has 3 nitrogen and oxygen atoms in total. The monoisotopic (exact) mass is 394 g/mol. The van der Waals surface area contributed by atoms with Crippen molar-refractivity contribution in [3.05, 3.63) is 42.5 Å². The zero-order valence-electron chi connectivity index (χ0n) is 16.1. The fourth-order valence-electron chi connectivity index (χ4n) is 4.34. The minimum atomic E-state index is 0.0191. The van der Waals surface area contributed by atoms with Gasteiger partial charge in [-0.2, -0.15) is 0 Å². The average Bonchev–Trinajstić information content (AvgIpc) is 2.68. The molecule has 0 amide bonds. The van der Waals surface area contributed by atoms with Crippen molar-refractivity contribution >= 4 is 10.3 Å². The van der Waals surface area contributed by atoms with Crippen LogP contribution in [0.25, 0.3) is 0 Å². The zero-order valence-corrected chi connectivity index (χ0v) is 17.3. The Hall–Kier alpha value is -1.21. The summed E-state index contributed by atoms with van der Waals surface area (Å²) >= 11 is 3.08. The fraction of sp³-hybridized carbons (Fsp3) is 0.545. The number of carbonyl (C=O) groups is 1. The molecule has 1 fully saturated rings. The van der Waals surface area contributed by atoms with Crippen molar-refractivity contribution in [1.82, 2.24) is 0 Å². The fourth-order valence-corrected chi connectivity index (χ4v) is 4.71. The van der Waals surface area contributed by atoms with Crippen molar-refractivity contribution < 1.29 is 30.1 Å². The molecule has 0 spiro atoms. The second-order valence-electron chi connectivity index (χ2n) is 7.01. The molecule has 1 aromatic rings. The summed E-state index contributed by atoms with van der Waals surface area (Å²) in [5.41, 5.74) is 1.17. The summed E-state index contributed by atoms with van der Waals surface area (Å²) in [5.74, 6) is 1.82. The van der Waals surface area contributed by atoms with Crippen molar-refractivity contribution in [2.75, 3.05) is 14.2 Å². The van der Waals surface area contributed by atoms with Gasteiger partial charge in [-0.1, -0.05) is 0 Å². The number of allylic oxidation sites excluding steroid dienone is 1. The van der Waals surface area contributed by atoms with Crippen LogP contribution in [0.3, 0.4) is 0 Å². The van der Waals surface area contributed by atoms with E-state index in [2.05, 4.69) is 41.5 Å². The van der Waals surface area contributed by atoms with E-state index >= 15 is 0 Å². The molecular weight excluding hydrogens is 364 g/mol. The Morgan fingerprint density at radius 3 is 2.58 bits per heavy atom. The number of carbonyl (C=O) groups excluding carboxylic acids is 1. The Kier molecular flexibility index (Phi) is 8.28. The van der Waals surface area contributed by atoms with Gasteiger partial charge in [0.25, 0.3) is 0 Å². The third-order valence-electron chi connectivity index (χ3n) is 5.65. The van der Waals surface area contributed by atoms with Crippen LogP contribution in [0.4, 0.5) is 0 Å². The number of methoxy groups -OCH3 is 2. The Labute approximate surface area is 165 Å². The summed E-state index contributed by atoms with van der Waals surface area (Å²) < 4.78 is 11.7. The number of benzene rings is 1. The van der Waals surface area contributed by atoms with Crippen molar-refractivity contribution in [3.8, 4) is 5.75 Å². The standard InChI is InChI=1S/C22H30O3.Cr/c1-5-8-18(15-24-3)21(17-11-13-19(25-4)14-12-17)22-16(6-2)9-7-10-20(22)23;/h5,11-14,16,18,21-22H,1,6-10H2,2-4H3;/t16-,18+,21+,22+;/m0./s1. The summed E-state index contributed by atoms with van der Waals surface area (Å²) in [6.45, 7) is 6.13. The molecule has 1 aromatic carbocycles. The van der Waals surface area contributed by atoms with Crippen LogP contribution in [0.5, 0.6) is 5.75 Å². The molecule has 4 heteroatoms. The van der Waals surface area contributed by atoms with Crippen LogP contribution >= 0.6 is 0 Å². The van der Waals surface area contributed by atoms with E-state index in [1.54, 1.807) is 14.2 Å². The van der Waals surface area contributed by atoms with Gasteiger partial charge in [-0.3, -0.25) is 0 Å². The Morgan fingerprint density at radius 1 is 1.35 bits per heavy atom. The van der Waals surface area contributed by atoms with Gasteiger partial charge >= 0.3 is 166 Å². The molecule has 1 aliphatic rings. The maximum absolute atomic E-state index is 13.0. The predicted molar refractivity (Wildman–Crippen MR) is 102 cm³/mol. The third kappa shape index (κ3) is 4.74. The van der Waals surface area contributed by atoms with Gasteiger partial charge in [0.05, 0.1) is 0 Å². The minimum absolute atomic E-state index is 0.0191. The van der Waals surface area contributed by atoms with Crippen LogP contribution in [0.1, 0.15) is 50.5 Å². The van der Waals surface area contributed by atoms with E-state index in [1.165, 1.54) is 5.56 Å². The van der Waals surface area contributed by atoms with Gasteiger partial charge in [0, 0.05) is 0 Å². The predicted octanol–water partition coefficient (Wildman–Crippen LogP) is 4.69. The molecule has 4 atom stereocenters. The molecule has 142 valence electrons. The van der Waals surface area contributed by atoms with Gasteiger partial charge in [-0.05, 0) is 0 Å². The van der Waals surface area contributed by atoms with E-state index in [1.807, 2.05) is 18.2 Å². The molecule has 1 saturated carbocycles. The molecule has 0 N–H and O–H groups in total. The SMILES string of the molecule is C=CC[C@H]([C](=[Cr])OC)[C@@H](c1ccc(OC)cc1)[C@H]1C(=O)CCC[C@@H]1CC.